The molecule has 1 fully saturated rings. The minimum atomic E-state index is -0.384. The summed E-state index contributed by atoms with van der Waals surface area (Å²) in [5, 5.41) is 9.87. The summed E-state index contributed by atoms with van der Waals surface area (Å²) in [6.07, 6.45) is 5.10. The van der Waals surface area contributed by atoms with Gasteiger partial charge in [0.25, 0.3) is 0 Å². The predicted octanol–water partition coefficient (Wildman–Crippen LogP) is 2.54. The standard InChI is InChI=1S/C12H22O2/c1-3-4-5-11(13)10-8-9(2)6-7-12(10)14/h9-11,13H,3-8H2,1-2H3. The second-order valence-corrected chi connectivity index (χ2v) is 4.66. The van der Waals surface area contributed by atoms with E-state index in [9.17, 15) is 9.90 Å². The van der Waals surface area contributed by atoms with Crippen molar-refractivity contribution in [2.45, 2.75) is 58.5 Å². The molecule has 82 valence electrons. The maximum absolute atomic E-state index is 11.6. The third kappa shape index (κ3) is 3.09. The zero-order valence-electron chi connectivity index (χ0n) is 9.33. The Morgan fingerprint density at radius 1 is 1.57 bits per heavy atom. The van der Waals surface area contributed by atoms with Crippen LogP contribution in [0.2, 0.25) is 0 Å². The molecular formula is C12H22O2. The van der Waals surface area contributed by atoms with Gasteiger partial charge in [0.2, 0.25) is 0 Å². The molecule has 1 aliphatic carbocycles. The van der Waals surface area contributed by atoms with E-state index in [1.54, 1.807) is 0 Å². The molecule has 1 rings (SSSR count). The lowest BCUT2D eigenvalue weighted by Crippen LogP contribution is -2.33. The van der Waals surface area contributed by atoms with E-state index >= 15 is 0 Å². The fourth-order valence-electron chi connectivity index (χ4n) is 2.24. The van der Waals surface area contributed by atoms with Gasteiger partial charge in [-0.2, -0.15) is 0 Å². The molecule has 3 unspecified atom stereocenters. The second kappa shape index (κ2) is 5.50. The van der Waals surface area contributed by atoms with E-state index in [1.807, 2.05) is 0 Å². The highest BCUT2D eigenvalue weighted by atomic mass is 16.3. The Morgan fingerprint density at radius 3 is 2.93 bits per heavy atom. The molecule has 2 heteroatoms. The first kappa shape index (κ1) is 11.7. The summed E-state index contributed by atoms with van der Waals surface area (Å²) in [7, 11) is 0. The number of ketones is 1. The van der Waals surface area contributed by atoms with Gasteiger partial charge in [-0.15, -0.1) is 0 Å². The van der Waals surface area contributed by atoms with Crippen LogP contribution in [0.3, 0.4) is 0 Å². The van der Waals surface area contributed by atoms with Crippen molar-refractivity contribution in [2.24, 2.45) is 11.8 Å². The maximum Gasteiger partial charge on any atom is 0.138 e. The molecule has 0 saturated heterocycles. The van der Waals surface area contributed by atoms with E-state index in [0.717, 1.165) is 32.1 Å². The van der Waals surface area contributed by atoms with Gasteiger partial charge < -0.3 is 5.11 Å². The van der Waals surface area contributed by atoms with Crippen LogP contribution in [-0.2, 0) is 4.79 Å². The molecule has 1 saturated carbocycles. The number of carbonyl (C=O) groups excluding carboxylic acids is 1. The van der Waals surface area contributed by atoms with Crippen molar-refractivity contribution < 1.29 is 9.90 Å². The lowest BCUT2D eigenvalue weighted by Gasteiger charge is -2.29. The smallest absolute Gasteiger partial charge is 0.138 e. The third-order valence-corrected chi connectivity index (χ3v) is 3.27. The van der Waals surface area contributed by atoms with E-state index in [0.29, 0.717) is 12.3 Å². The van der Waals surface area contributed by atoms with Crippen molar-refractivity contribution in [3.63, 3.8) is 0 Å². The van der Waals surface area contributed by atoms with E-state index in [-0.39, 0.29) is 17.8 Å². The molecule has 0 amide bonds. The number of carbonyl (C=O) groups is 1. The molecule has 0 spiro atoms. The van der Waals surface area contributed by atoms with Gasteiger partial charge in [0.05, 0.1) is 6.10 Å². The second-order valence-electron chi connectivity index (χ2n) is 4.66. The van der Waals surface area contributed by atoms with Gasteiger partial charge in [-0.05, 0) is 25.2 Å². The highest BCUT2D eigenvalue weighted by Crippen LogP contribution is 2.29. The zero-order chi connectivity index (χ0) is 10.6. The molecule has 14 heavy (non-hydrogen) atoms. The van der Waals surface area contributed by atoms with Crippen molar-refractivity contribution in [1.82, 2.24) is 0 Å². The topological polar surface area (TPSA) is 37.3 Å². The molecule has 0 aromatic carbocycles. The van der Waals surface area contributed by atoms with Crippen molar-refractivity contribution >= 4 is 5.78 Å². The van der Waals surface area contributed by atoms with E-state index in [1.165, 1.54) is 0 Å². The van der Waals surface area contributed by atoms with Crippen molar-refractivity contribution in [3.8, 4) is 0 Å². The predicted molar refractivity (Wildman–Crippen MR) is 57.0 cm³/mol. The van der Waals surface area contributed by atoms with Gasteiger partial charge in [-0.3, -0.25) is 4.79 Å². The zero-order valence-corrected chi connectivity index (χ0v) is 9.33. The fraction of sp³-hybridized carbons (Fsp3) is 0.917. The summed E-state index contributed by atoms with van der Waals surface area (Å²) in [6.45, 7) is 4.28. The molecule has 1 N–H and O–H groups in total. The third-order valence-electron chi connectivity index (χ3n) is 3.27. The minimum Gasteiger partial charge on any atom is -0.392 e. The van der Waals surface area contributed by atoms with Crippen molar-refractivity contribution in [1.29, 1.82) is 0 Å². The van der Waals surface area contributed by atoms with E-state index < -0.39 is 0 Å². The molecule has 2 nitrogen and oxygen atoms in total. The fourth-order valence-corrected chi connectivity index (χ4v) is 2.24. The number of Topliss-reactive ketones (excluding diaryl/α,β-unsaturated/α-hetero) is 1. The molecular weight excluding hydrogens is 176 g/mol. The molecule has 0 radical (unpaired) electrons. The van der Waals surface area contributed by atoms with Gasteiger partial charge in [-0.25, -0.2) is 0 Å². The van der Waals surface area contributed by atoms with Crippen LogP contribution in [0.5, 0.6) is 0 Å². The Morgan fingerprint density at radius 2 is 2.29 bits per heavy atom. The normalized spacial score (nSPS) is 30.4. The van der Waals surface area contributed by atoms with Gasteiger partial charge in [0, 0.05) is 12.3 Å². The first-order valence-electron chi connectivity index (χ1n) is 5.86. The summed E-state index contributed by atoms with van der Waals surface area (Å²) in [5.41, 5.74) is 0. The monoisotopic (exact) mass is 198 g/mol. The van der Waals surface area contributed by atoms with Crippen LogP contribution in [0.25, 0.3) is 0 Å². The number of unbranched alkanes of at least 4 members (excludes halogenated alkanes) is 1. The first-order valence-corrected chi connectivity index (χ1v) is 5.86. The Labute approximate surface area is 86.7 Å². The summed E-state index contributed by atoms with van der Waals surface area (Å²) in [5.74, 6) is 0.825. The summed E-state index contributed by atoms with van der Waals surface area (Å²) >= 11 is 0. The SMILES string of the molecule is CCCCC(O)C1CC(C)CCC1=O. The summed E-state index contributed by atoms with van der Waals surface area (Å²) < 4.78 is 0. The van der Waals surface area contributed by atoms with Crippen LogP contribution >= 0.6 is 0 Å². The lowest BCUT2D eigenvalue weighted by molar-refractivity contribution is -0.129. The average molecular weight is 198 g/mol. The van der Waals surface area contributed by atoms with E-state index in [4.69, 9.17) is 0 Å². The lowest BCUT2D eigenvalue weighted by atomic mass is 9.77. The van der Waals surface area contributed by atoms with Crippen LogP contribution in [0.4, 0.5) is 0 Å². The first-order chi connectivity index (χ1) is 6.65. The molecule has 3 atom stereocenters. The summed E-state index contributed by atoms with van der Waals surface area (Å²) in [4.78, 5) is 11.6. The molecule has 0 heterocycles. The maximum atomic E-state index is 11.6. The molecule has 0 bridgehead atoms. The number of aliphatic hydroxyl groups is 1. The molecule has 0 aliphatic heterocycles. The Balaban J connectivity index is 2.43. The van der Waals surface area contributed by atoms with Gasteiger partial charge in [0.15, 0.2) is 0 Å². The quantitative estimate of drug-likeness (QED) is 0.753. The van der Waals surface area contributed by atoms with E-state index in [2.05, 4.69) is 13.8 Å². The number of hydrogen-bond acceptors (Lipinski definition) is 2. The largest absolute Gasteiger partial charge is 0.392 e. The Hall–Kier alpha value is -0.370. The Bertz CT molecular complexity index is 189. The van der Waals surface area contributed by atoms with Gasteiger partial charge in [-0.1, -0.05) is 26.7 Å². The summed E-state index contributed by atoms with van der Waals surface area (Å²) in [6, 6.07) is 0. The molecule has 1 aliphatic rings. The highest BCUT2D eigenvalue weighted by Gasteiger charge is 2.31. The van der Waals surface area contributed by atoms with Crippen LogP contribution in [0, 0.1) is 11.8 Å². The van der Waals surface area contributed by atoms with Gasteiger partial charge >= 0.3 is 0 Å². The Kier molecular flexibility index (Phi) is 4.59. The van der Waals surface area contributed by atoms with Crippen molar-refractivity contribution in [2.75, 3.05) is 0 Å². The minimum absolute atomic E-state index is 0.0645. The van der Waals surface area contributed by atoms with Crippen LogP contribution in [0.15, 0.2) is 0 Å². The number of rotatable bonds is 4. The van der Waals surface area contributed by atoms with Gasteiger partial charge in [0.1, 0.15) is 5.78 Å². The van der Waals surface area contributed by atoms with Crippen molar-refractivity contribution in [3.05, 3.63) is 0 Å². The number of aliphatic hydroxyl groups excluding tert-OH is 1. The average Bonchev–Trinajstić information content (AvgIpc) is 2.18. The highest BCUT2D eigenvalue weighted by molar-refractivity contribution is 5.82. The van der Waals surface area contributed by atoms with Crippen LogP contribution in [-0.4, -0.2) is 17.0 Å². The van der Waals surface area contributed by atoms with Crippen LogP contribution < -0.4 is 0 Å². The number of hydrogen-bond donors (Lipinski definition) is 1. The van der Waals surface area contributed by atoms with Crippen LogP contribution in [0.1, 0.15) is 52.4 Å². The molecule has 0 aromatic rings. The molecule has 0 aromatic heterocycles.